The Kier molecular flexibility index (Phi) is 58.8. The molecule has 0 aromatic heterocycles. The second-order valence-electron chi connectivity index (χ2n) is 22.0. The third-order valence-corrected chi connectivity index (χ3v) is 16.8. The van der Waals surface area contributed by atoms with E-state index >= 15 is 0 Å². The Balaban J connectivity index is 3.89. The Labute approximate surface area is 424 Å². The van der Waals surface area contributed by atoms with Crippen molar-refractivity contribution in [3.8, 4) is 0 Å². The van der Waals surface area contributed by atoms with Crippen LogP contribution < -0.4 is 0 Å². The van der Waals surface area contributed by atoms with Gasteiger partial charge in [-0.2, -0.15) is 0 Å². The number of nitrogens with zero attached hydrogens (tertiary/aromatic N) is 1. The predicted molar refractivity (Wildman–Crippen MR) is 303 cm³/mol. The summed E-state index contributed by atoms with van der Waals surface area (Å²) in [5.74, 6) is 0. The highest BCUT2D eigenvalue weighted by molar-refractivity contribution is 7.50. The predicted octanol–water partition coefficient (Wildman–Crippen LogP) is 23.3. The van der Waals surface area contributed by atoms with E-state index < -0.39 is 7.75 Å². The topological polar surface area (TPSA) is 49.8 Å². The van der Waals surface area contributed by atoms with Gasteiger partial charge >= 0.3 is 7.75 Å². The SMILES string of the molecule is CCCCCCCCCCCCCCCCCCCCCCCCCCCN(CCCCCCCCCCCCCCCCCCCCCCCCCCC)P(=O)(O)OCCCCCCCC. The molecule has 0 heterocycles. The van der Waals surface area contributed by atoms with E-state index in [2.05, 4.69) is 20.8 Å². The maximum absolute atomic E-state index is 13.4. The second kappa shape index (κ2) is 58.7. The fourth-order valence-corrected chi connectivity index (χ4v) is 11.7. The van der Waals surface area contributed by atoms with Gasteiger partial charge in [-0.15, -0.1) is 0 Å². The molecule has 0 spiro atoms. The van der Waals surface area contributed by atoms with E-state index in [0.717, 1.165) is 38.5 Å². The summed E-state index contributed by atoms with van der Waals surface area (Å²) in [6, 6.07) is 0. The second-order valence-corrected chi connectivity index (χ2v) is 23.8. The van der Waals surface area contributed by atoms with Crippen LogP contribution in [0.15, 0.2) is 0 Å². The molecule has 5 heteroatoms. The van der Waals surface area contributed by atoms with Crippen LogP contribution in [0, 0.1) is 0 Å². The molecule has 1 unspecified atom stereocenters. The van der Waals surface area contributed by atoms with Crippen LogP contribution in [0.5, 0.6) is 0 Å². The molecule has 0 saturated carbocycles. The minimum Gasteiger partial charge on any atom is -0.312 e. The van der Waals surface area contributed by atoms with E-state index in [0.29, 0.717) is 19.7 Å². The van der Waals surface area contributed by atoms with E-state index in [1.807, 2.05) is 4.67 Å². The van der Waals surface area contributed by atoms with Crippen molar-refractivity contribution in [3.05, 3.63) is 0 Å². The van der Waals surface area contributed by atoms with E-state index in [9.17, 15) is 9.46 Å². The number of hydrogen-bond acceptors (Lipinski definition) is 2. The van der Waals surface area contributed by atoms with Gasteiger partial charge in [-0.25, -0.2) is 9.24 Å². The van der Waals surface area contributed by atoms with Gasteiger partial charge in [0.15, 0.2) is 0 Å². The molecule has 0 fully saturated rings. The van der Waals surface area contributed by atoms with Crippen LogP contribution in [0.3, 0.4) is 0 Å². The van der Waals surface area contributed by atoms with Crippen molar-refractivity contribution in [2.45, 2.75) is 380 Å². The van der Waals surface area contributed by atoms with Gasteiger partial charge in [-0.1, -0.05) is 361 Å². The van der Waals surface area contributed by atoms with Crippen LogP contribution in [0.25, 0.3) is 0 Å². The van der Waals surface area contributed by atoms with Crippen molar-refractivity contribution < 1.29 is 14.0 Å². The maximum Gasteiger partial charge on any atom is 0.405 e. The average molecular weight is 967 g/mol. The van der Waals surface area contributed by atoms with Crippen molar-refractivity contribution >= 4 is 7.75 Å². The highest BCUT2D eigenvalue weighted by Gasteiger charge is 2.28. The molecule has 0 radical (unpaired) electrons. The molecule has 0 amide bonds. The molecule has 0 aromatic rings. The van der Waals surface area contributed by atoms with Gasteiger partial charge in [0.25, 0.3) is 0 Å². The fraction of sp³-hybridized carbons (Fsp3) is 1.00. The molecule has 0 aliphatic heterocycles. The Morgan fingerprint density at radius 3 is 0.582 bits per heavy atom. The van der Waals surface area contributed by atoms with E-state index in [-0.39, 0.29) is 0 Å². The molecule has 404 valence electrons. The standard InChI is InChI=1S/C62H128NO3P/c1-4-7-10-13-16-18-20-22-24-26-28-30-32-34-36-38-40-42-44-46-48-50-52-54-57-60-63(67(64,65)66-62-59-56-15-12-9-6-3)61-58-55-53-51-49-47-45-43-41-39-37-35-33-31-29-27-25-23-21-19-17-14-11-8-5-2/h4-62H2,1-3H3,(H,64,65). The molecular weight excluding hydrogens is 838 g/mol. The van der Waals surface area contributed by atoms with Gasteiger partial charge in [0.1, 0.15) is 0 Å². The minimum absolute atomic E-state index is 0.412. The third-order valence-electron chi connectivity index (χ3n) is 15.2. The Hall–Kier alpha value is 0.110. The maximum atomic E-state index is 13.4. The van der Waals surface area contributed by atoms with Gasteiger partial charge in [0, 0.05) is 13.1 Å². The normalized spacial score (nSPS) is 12.8. The summed E-state index contributed by atoms with van der Waals surface area (Å²) in [5.41, 5.74) is 0. The molecule has 0 aliphatic carbocycles. The number of unbranched alkanes of at least 4 members (excludes halogenated alkanes) is 53. The quantitative estimate of drug-likeness (QED) is 0.0487. The van der Waals surface area contributed by atoms with Crippen LogP contribution in [0.4, 0.5) is 0 Å². The first-order valence-electron chi connectivity index (χ1n) is 31.8. The van der Waals surface area contributed by atoms with Crippen molar-refractivity contribution in [2.75, 3.05) is 19.7 Å². The molecular formula is C62H128NO3P. The van der Waals surface area contributed by atoms with E-state index in [1.165, 1.54) is 321 Å². The summed E-state index contributed by atoms with van der Waals surface area (Å²) in [6.07, 6.45) is 76.8. The number of rotatable bonds is 61. The van der Waals surface area contributed by atoms with Gasteiger partial charge in [-0.05, 0) is 19.3 Å². The summed E-state index contributed by atoms with van der Waals surface area (Å²) < 4.78 is 21.0. The zero-order valence-corrected chi connectivity index (χ0v) is 47.8. The lowest BCUT2D eigenvalue weighted by molar-refractivity contribution is 0.194. The van der Waals surface area contributed by atoms with Gasteiger partial charge < -0.3 is 4.89 Å². The first-order valence-corrected chi connectivity index (χ1v) is 33.3. The summed E-state index contributed by atoms with van der Waals surface area (Å²) in [6.45, 7) is 8.66. The largest absolute Gasteiger partial charge is 0.405 e. The highest BCUT2D eigenvalue weighted by atomic mass is 31.2. The molecule has 0 saturated heterocycles. The van der Waals surface area contributed by atoms with Gasteiger partial charge in [0.05, 0.1) is 6.61 Å². The molecule has 67 heavy (non-hydrogen) atoms. The van der Waals surface area contributed by atoms with Crippen molar-refractivity contribution in [3.63, 3.8) is 0 Å². The third kappa shape index (κ3) is 55.3. The van der Waals surface area contributed by atoms with Gasteiger partial charge in [0.2, 0.25) is 0 Å². The van der Waals surface area contributed by atoms with E-state index in [4.69, 9.17) is 4.52 Å². The summed E-state index contributed by atoms with van der Waals surface area (Å²) >= 11 is 0. The van der Waals surface area contributed by atoms with Crippen LogP contribution >= 0.6 is 7.75 Å². The van der Waals surface area contributed by atoms with Crippen molar-refractivity contribution in [2.24, 2.45) is 0 Å². The smallest absolute Gasteiger partial charge is 0.312 e. The summed E-state index contributed by atoms with van der Waals surface area (Å²) in [7, 11) is -3.73. The van der Waals surface area contributed by atoms with Crippen molar-refractivity contribution in [1.29, 1.82) is 0 Å². The van der Waals surface area contributed by atoms with Crippen LogP contribution in [-0.4, -0.2) is 29.3 Å². The average Bonchev–Trinajstić information content (AvgIpc) is 3.32. The molecule has 0 bridgehead atoms. The van der Waals surface area contributed by atoms with Gasteiger partial charge in [-0.3, -0.25) is 4.52 Å². The van der Waals surface area contributed by atoms with E-state index in [1.54, 1.807) is 0 Å². The zero-order valence-electron chi connectivity index (χ0n) is 46.9. The molecule has 4 nitrogen and oxygen atoms in total. The molecule has 1 N–H and O–H groups in total. The highest BCUT2D eigenvalue weighted by Crippen LogP contribution is 2.47. The Morgan fingerprint density at radius 1 is 0.254 bits per heavy atom. The summed E-state index contributed by atoms with van der Waals surface area (Å²) in [5, 5.41) is 0. The Bertz CT molecular complexity index is 876. The lowest BCUT2D eigenvalue weighted by atomic mass is 10.0. The van der Waals surface area contributed by atoms with Crippen LogP contribution in [-0.2, 0) is 9.09 Å². The first-order chi connectivity index (χ1) is 33.1. The van der Waals surface area contributed by atoms with Crippen LogP contribution in [0.1, 0.15) is 380 Å². The van der Waals surface area contributed by atoms with Crippen molar-refractivity contribution in [1.82, 2.24) is 4.67 Å². The van der Waals surface area contributed by atoms with Crippen LogP contribution in [0.2, 0.25) is 0 Å². The molecule has 0 aromatic carbocycles. The lowest BCUT2D eigenvalue weighted by Gasteiger charge is -2.26. The number of hydrogen-bond donors (Lipinski definition) is 1. The zero-order chi connectivity index (χ0) is 48.5. The molecule has 1 atom stereocenters. The first kappa shape index (κ1) is 67.1. The fourth-order valence-electron chi connectivity index (χ4n) is 10.4. The minimum atomic E-state index is -3.73. The summed E-state index contributed by atoms with van der Waals surface area (Å²) in [4.78, 5) is 11.0. The monoisotopic (exact) mass is 966 g/mol. The molecule has 0 rings (SSSR count). The molecule has 0 aliphatic rings. The Morgan fingerprint density at radius 2 is 0.403 bits per heavy atom. The lowest BCUT2D eigenvalue weighted by Crippen LogP contribution is -2.24.